The first-order valence-corrected chi connectivity index (χ1v) is 6.81. The Balaban J connectivity index is 2.13. The molecule has 7 nitrogen and oxygen atoms in total. The van der Waals surface area contributed by atoms with Crippen molar-refractivity contribution in [3.8, 4) is 0 Å². The van der Waals surface area contributed by atoms with Crippen molar-refractivity contribution >= 4 is 34.1 Å². The van der Waals surface area contributed by atoms with Crippen LogP contribution in [0.5, 0.6) is 0 Å². The van der Waals surface area contributed by atoms with E-state index in [4.69, 9.17) is 16.4 Å². The van der Waals surface area contributed by atoms with Gasteiger partial charge >= 0.3 is 0 Å². The fourth-order valence-corrected chi connectivity index (χ4v) is 2.30. The summed E-state index contributed by atoms with van der Waals surface area (Å²) in [6.45, 7) is 2.39. The summed E-state index contributed by atoms with van der Waals surface area (Å²) in [5, 5.41) is 12.7. The lowest BCUT2D eigenvalue weighted by atomic mass is 10.1. The number of hydroxylamine groups is 1. The Morgan fingerprint density at radius 1 is 1.48 bits per heavy atom. The van der Waals surface area contributed by atoms with E-state index in [1.165, 1.54) is 4.52 Å². The van der Waals surface area contributed by atoms with Gasteiger partial charge in [0.25, 0.3) is 5.91 Å². The highest BCUT2D eigenvalue weighted by Crippen LogP contribution is 2.25. The highest BCUT2D eigenvalue weighted by Gasteiger charge is 2.17. The molecule has 0 fully saturated rings. The standard InChI is InChI=1S/C13H12ClN5O2/c1-2-6-21-16-13(20)9-7-8-4-3-5-10(14)11(8)19-12(9)15-17-18-19/h3-5,7H,2,6H2,1H3,(H,16,20). The molecule has 2 aromatic heterocycles. The van der Waals surface area contributed by atoms with E-state index in [0.717, 1.165) is 11.8 Å². The average Bonchev–Trinajstić information content (AvgIpc) is 2.95. The molecule has 3 aromatic rings. The molecule has 1 N–H and O–H groups in total. The maximum absolute atomic E-state index is 12.2. The van der Waals surface area contributed by atoms with Gasteiger partial charge in [-0.05, 0) is 29.0 Å². The second-order valence-corrected chi connectivity index (χ2v) is 4.84. The number of benzene rings is 1. The van der Waals surface area contributed by atoms with Gasteiger partial charge in [-0.25, -0.2) is 5.48 Å². The molecule has 8 heteroatoms. The molecular formula is C13H12ClN5O2. The van der Waals surface area contributed by atoms with Crippen molar-refractivity contribution < 1.29 is 9.63 Å². The summed E-state index contributed by atoms with van der Waals surface area (Å²) < 4.78 is 1.45. The van der Waals surface area contributed by atoms with Crippen LogP contribution in [0, 0.1) is 0 Å². The number of pyridine rings is 1. The second-order valence-electron chi connectivity index (χ2n) is 4.43. The number of carbonyl (C=O) groups excluding carboxylic acids is 1. The molecule has 108 valence electrons. The summed E-state index contributed by atoms with van der Waals surface area (Å²) in [7, 11) is 0. The minimum absolute atomic E-state index is 0.325. The van der Waals surface area contributed by atoms with Gasteiger partial charge in [0.1, 0.15) is 0 Å². The Kier molecular flexibility index (Phi) is 3.68. The van der Waals surface area contributed by atoms with Crippen molar-refractivity contribution in [2.75, 3.05) is 6.61 Å². The summed E-state index contributed by atoms with van der Waals surface area (Å²) in [4.78, 5) is 17.2. The molecule has 0 unspecified atom stereocenters. The van der Waals surface area contributed by atoms with Gasteiger partial charge in [0.2, 0.25) is 0 Å². The number of para-hydroxylation sites is 1. The quantitative estimate of drug-likeness (QED) is 0.589. The molecule has 0 aliphatic rings. The smallest absolute Gasteiger partial charge is 0.273 e. The topological polar surface area (TPSA) is 81.4 Å². The van der Waals surface area contributed by atoms with Crippen LogP contribution in [0.25, 0.3) is 16.6 Å². The SMILES string of the molecule is CCCONC(=O)c1cc2cccc(Cl)c2n2nnnc12. The van der Waals surface area contributed by atoms with Crippen molar-refractivity contribution in [2.45, 2.75) is 13.3 Å². The zero-order valence-corrected chi connectivity index (χ0v) is 12.0. The predicted octanol–water partition coefficient (Wildman–Crippen LogP) is 2.00. The maximum atomic E-state index is 12.2. The van der Waals surface area contributed by atoms with Gasteiger partial charge in [-0.15, -0.1) is 5.10 Å². The summed E-state index contributed by atoms with van der Waals surface area (Å²) in [5.74, 6) is -0.398. The third-order valence-corrected chi connectivity index (χ3v) is 3.26. The number of fused-ring (bicyclic) bond motifs is 3. The number of rotatable bonds is 4. The highest BCUT2D eigenvalue weighted by molar-refractivity contribution is 6.35. The van der Waals surface area contributed by atoms with Crippen molar-refractivity contribution in [3.05, 3.63) is 34.9 Å². The zero-order chi connectivity index (χ0) is 14.8. The number of hydrogen-bond acceptors (Lipinski definition) is 5. The lowest BCUT2D eigenvalue weighted by molar-refractivity contribution is 0.0316. The lowest BCUT2D eigenvalue weighted by Crippen LogP contribution is -2.24. The van der Waals surface area contributed by atoms with Crippen molar-refractivity contribution in [3.63, 3.8) is 0 Å². The molecule has 0 atom stereocenters. The summed E-state index contributed by atoms with van der Waals surface area (Å²) in [6, 6.07) is 7.08. The molecule has 0 aliphatic carbocycles. The number of hydrogen-bond donors (Lipinski definition) is 1. The fourth-order valence-electron chi connectivity index (χ4n) is 2.04. The molecule has 0 spiro atoms. The van der Waals surface area contributed by atoms with Crippen LogP contribution in [0.4, 0.5) is 0 Å². The molecule has 0 aliphatic heterocycles. The second kappa shape index (κ2) is 5.63. The minimum atomic E-state index is -0.398. The summed E-state index contributed by atoms with van der Waals surface area (Å²) in [6.07, 6.45) is 0.801. The Hall–Kier alpha value is -2.25. The zero-order valence-electron chi connectivity index (χ0n) is 11.2. The maximum Gasteiger partial charge on any atom is 0.278 e. The van der Waals surface area contributed by atoms with Crippen molar-refractivity contribution in [2.24, 2.45) is 0 Å². The molecule has 1 aromatic carbocycles. The average molecular weight is 306 g/mol. The van der Waals surface area contributed by atoms with Gasteiger partial charge in [0.15, 0.2) is 5.65 Å². The number of nitrogens with one attached hydrogen (secondary N) is 1. The van der Waals surface area contributed by atoms with Gasteiger partial charge in [0, 0.05) is 5.39 Å². The molecule has 0 saturated carbocycles. The van der Waals surface area contributed by atoms with E-state index in [0.29, 0.717) is 28.4 Å². The van der Waals surface area contributed by atoms with Crippen LogP contribution in [0.15, 0.2) is 24.3 Å². The van der Waals surface area contributed by atoms with E-state index in [1.54, 1.807) is 18.2 Å². The van der Waals surface area contributed by atoms with Gasteiger partial charge in [0.05, 0.1) is 22.7 Å². The molecule has 0 bridgehead atoms. The van der Waals surface area contributed by atoms with E-state index in [1.807, 2.05) is 13.0 Å². The number of tetrazole rings is 1. The Morgan fingerprint density at radius 2 is 2.33 bits per heavy atom. The number of carbonyl (C=O) groups is 1. The van der Waals surface area contributed by atoms with Crippen LogP contribution in [0.3, 0.4) is 0 Å². The number of amides is 1. The summed E-state index contributed by atoms with van der Waals surface area (Å²) in [5.41, 5.74) is 3.69. The third-order valence-electron chi connectivity index (χ3n) is 2.96. The Labute approximate surface area is 124 Å². The molecule has 1 amide bonds. The summed E-state index contributed by atoms with van der Waals surface area (Å²) >= 11 is 6.19. The van der Waals surface area contributed by atoms with Crippen LogP contribution >= 0.6 is 11.6 Å². The van der Waals surface area contributed by atoms with Gasteiger partial charge in [-0.2, -0.15) is 4.52 Å². The molecule has 0 saturated heterocycles. The number of halogens is 1. The largest absolute Gasteiger partial charge is 0.278 e. The van der Waals surface area contributed by atoms with Crippen LogP contribution in [-0.2, 0) is 4.84 Å². The van der Waals surface area contributed by atoms with Gasteiger partial charge in [-0.3, -0.25) is 9.63 Å². The van der Waals surface area contributed by atoms with Gasteiger partial charge < -0.3 is 0 Å². The van der Waals surface area contributed by atoms with Crippen LogP contribution < -0.4 is 5.48 Å². The normalized spacial score (nSPS) is 11.1. The van der Waals surface area contributed by atoms with E-state index in [2.05, 4.69) is 21.0 Å². The molecule has 2 heterocycles. The van der Waals surface area contributed by atoms with E-state index in [-0.39, 0.29) is 0 Å². The van der Waals surface area contributed by atoms with Gasteiger partial charge in [-0.1, -0.05) is 30.7 Å². The molecule has 0 radical (unpaired) electrons. The third kappa shape index (κ3) is 2.41. The van der Waals surface area contributed by atoms with Crippen LogP contribution in [0.2, 0.25) is 5.02 Å². The Bertz CT molecular complexity index is 817. The van der Waals surface area contributed by atoms with E-state index in [9.17, 15) is 4.79 Å². The minimum Gasteiger partial charge on any atom is -0.273 e. The molecular weight excluding hydrogens is 294 g/mol. The van der Waals surface area contributed by atoms with E-state index >= 15 is 0 Å². The first kappa shape index (κ1) is 13.7. The monoisotopic (exact) mass is 305 g/mol. The fraction of sp³-hybridized carbons (Fsp3) is 0.231. The Morgan fingerprint density at radius 3 is 3.14 bits per heavy atom. The van der Waals surface area contributed by atoms with Crippen LogP contribution in [-0.4, -0.2) is 32.6 Å². The predicted molar refractivity (Wildman–Crippen MR) is 77.0 cm³/mol. The van der Waals surface area contributed by atoms with Crippen LogP contribution in [0.1, 0.15) is 23.7 Å². The number of nitrogens with zero attached hydrogens (tertiary/aromatic N) is 4. The highest BCUT2D eigenvalue weighted by atomic mass is 35.5. The number of aromatic nitrogens is 4. The van der Waals surface area contributed by atoms with Crippen molar-refractivity contribution in [1.82, 2.24) is 25.5 Å². The molecule has 3 rings (SSSR count). The first-order valence-electron chi connectivity index (χ1n) is 6.44. The lowest BCUT2D eigenvalue weighted by Gasteiger charge is -2.08. The van der Waals surface area contributed by atoms with Crippen molar-refractivity contribution in [1.29, 1.82) is 0 Å². The van der Waals surface area contributed by atoms with E-state index < -0.39 is 5.91 Å². The first-order chi connectivity index (χ1) is 10.2. The molecule has 21 heavy (non-hydrogen) atoms.